The average molecular weight is 704 g/mol. The Labute approximate surface area is 317 Å². The van der Waals surface area contributed by atoms with E-state index >= 15 is 0 Å². The minimum Gasteiger partial charge on any atom is -0.456 e. The van der Waals surface area contributed by atoms with E-state index in [1.165, 1.54) is 27.5 Å². The Morgan fingerprint density at radius 1 is 0.309 bits per heavy atom. The topological polar surface area (TPSA) is 29.5 Å². The summed E-state index contributed by atoms with van der Waals surface area (Å²) in [6, 6.07) is 71.2. The molecule has 2 aromatic heterocycles. The van der Waals surface area contributed by atoms with Gasteiger partial charge in [0.25, 0.3) is 0 Å². The highest BCUT2D eigenvalue weighted by Crippen LogP contribution is 2.48. The van der Waals surface area contributed by atoms with E-state index < -0.39 is 0 Å². The SMILES string of the molecule is c1ccc(-c2cccc3cccc(-c4ccccc4N(c4ccc5oc6ccccc6c5c4)c4ccccc4-c4ccc5oc6ccccc6c5c4)c23)cc1. The highest BCUT2D eigenvalue weighted by molar-refractivity contribution is 6.11. The molecule has 0 unspecified atom stereocenters. The largest absolute Gasteiger partial charge is 0.456 e. The van der Waals surface area contributed by atoms with Crippen molar-refractivity contribution in [2.24, 2.45) is 0 Å². The molecule has 11 aromatic rings. The zero-order chi connectivity index (χ0) is 36.3. The average Bonchev–Trinajstić information content (AvgIpc) is 3.82. The van der Waals surface area contributed by atoms with Crippen LogP contribution in [0.25, 0.3) is 88.0 Å². The smallest absolute Gasteiger partial charge is 0.135 e. The van der Waals surface area contributed by atoms with Crippen molar-refractivity contribution in [2.75, 3.05) is 4.90 Å². The number of hydrogen-bond donors (Lipinski definition) is 0. The molecular weight excluding hydrogens is 671 g/mol. The second-order valence-electron chi connectivity index (χ2n) is 14.0. The Morgan fingerprint density at radius 3 is 1.56 bits per heavy atom. The lowest BCUT2D eigenvalue weighted by molar-refractivity contribution is 0.668. The van der Waals surface area contributed by atoms with Crippen molar-refractivity contribution in [1.82, 2.24) is 0 Å². The van der Waals surface area contributed by atoms with Gasteiger partial charge in [-0.3, -0.25) is 0 Å². The monoisotopic (exact) mass is 703 g/mol. The molecule has 55 heavy (non-hydrogen) atoms. The summed E-state index contributed by atoms with van der Waals surface area (Å²) in [6.45, 7) is 0. The lowest BCUT2D eigenvalue weighted by Gasteiger charge is -2.30. The van der Waals surface area contributed by atoms with Crippen LogP contribution in [-0.4, -0.2) is 0 Å². The van der Waals surface area contributed by atoms with Gasteiger partial charge in [0.15, 0.2) is 0 Å². The van der Waals surface area contributed by atoms with Crippen LogP contribution in [0.5, 0.6) is 0 Å². The number of anilines is 3. The number of fused-ring (bicyclic) bond motifs is 7. The molecule has 0 atom stereocenters. The Bertz CT molecular complexity index is 3220. The van der Waals surface area contributed by atoms with Crippen LogP contribution in [0.2, 0.25) is 0 Å². The molecule has 0 amide bonds. The fourth-order valence-corrected chi connectivity index (χ4v) is 8.39. The van der Waals surface area contributed by atoms with Gasteiger partial charge in [-0.05, 0) is 87.6 Å². The first-order valence-electron chi connectivity index (χ1n) is 18.7. The van der Waals surface area contributed by atoms with Crippen molar-refractivity contribution in [3.05, 3.63) is 200 Å². The van der Waals surface area contributed by atoms with Gasteiger partial charge in [-0.15, -0.1) is 0 Å². The molecule has 0 saturated heterocycles. The van der Waals surface area contributed by atoms with Crippen molar-refractivity contribution >= 4 is 71.7 Å². The highest BCUT2D eigenvalue weighted by atomic mass is 16.3. The molecule has 0 aliphatic rings. The lowest BCUT2D eigenvalue weighted by atomic mass is 9.90. The van der Waals surface area contributed by atoms with Crippen molar-refractivity contribution in [3.63, 3.8) is 0 Å². The van der Waals surface area contributed by atoms with Crippen LogP contribution in [0.1, 0.15) is 0 Å². The van der Waals surface area contributed by atoms with E-state index in [0.717, 1.165) is 77.6 Å². The van der Waals surface area contributed by atoms with Crippen LogP contribution in [-0.2, 0) is 0 Å². The maximum atomic E-state index is 6.33. The molecule has 0 spiro atoms. The molecule has 9 aromatic carbocycles. The third-order valence-corrected chi connectivity index (χ3v) is 10.9. The van der Waals surface area contributed by atoms with Crippen LogP contribution in [0, 0.1) is 0 Å². The summed E-state index contributed by atoms with van der Waals surface area (Å²) in [5.74, 6) is 0. The molecule has 0 aliphatic carbocycles. The first-order valence-corrected chi connectivity index (χ1v) is 18.7. The van der Waals surface area contributed by atoms with Gasteiger partial charge in [-0.1, -0.05) is 146 Å². The number of para-hydroxylation sites is 4. The normalized spacial score (nSPS) is 11.6. The lowest BCUT2D eigenvalue weighted by Crippen LogP contribution is -2.12. The summed E-state index contributed by atoms with van der Waals surface area (Å²) in [6.07, 6.45) is 0. The van der Waals surface area contributed by atoms with E-state index in [1.54, 1.807) is 0 Å². The van der Waals surface area contributed by atoms with Gasteiger partial charge in [0.2, 0.25) is 0 Å². The van der Waals surface area contributed by atoms with Crippen LogP contribution in [0.4, 0.5) is 17.1 Å². The maximum Gasteiger partial charge on any atom is 0.135 e. The van der Waals surface area contributed by atoms with Gasteiger partial charge < -0.3 is 13.7 Å². The van der Waals surface area contributed by atoms with E-state index in [2.05, 4.69) is 181 Å². The summed E-state index contributed by atoms with van der Waals surface area (Å²) in [5, 5.41) is 6.82. The van der Waals surface area contributed by atoms with E-state index in [4.69, 9.17) is 8.83 Å². The summed E-state index contributed by atoms with van der Waals surface area (Å²) in [5.41, 5.74) is 13.7. The first-order chi connectivity index (χ1) is 27.3. The molecule has 3 heteroatoms. The third kappa shape index (κ3) is 5.13. The predicted octanol–water partition coefficient (Wildman–Crippen LogP) is 15.1. The molecule has 0 radical (unpaired) electrons. The number of nitrogens with zero attached hydrogens (tertiary/aromatic N) is 1. The van der Waals surface area contributed by atoms with Gasteiger partial charge in [-0.2, -0.15) is 0 Å². The van der Waals surface area contributed by atoms with Crippen LogP contribution in [0.15, 0.2) is 209 Å². The third-order valence-electron chi connectivity index (χ3n) is 10.9. The predicted molar refractivity (Wildman–Crippen MR) is 229 cm³/mol. The van der Waals surface area contributed by atoms with E-state index in [0.29, 0.717) is 0 Å². The van der Waals surface area contributed by atoms with Crippen molar-refractivity contribution < 1.29 is 8.83 Å². The molecule has 2 heterocycles. The fourth-order valence-electron chi connectivity index (χ4n) is 8.39. The summed E-state index contributed by atoms with van der Waals surface area (Å²) >= 11 is 0. The number of hydrogen-bond acceptors (Lipinski definition) is 3. The highest BCUT2D eigenvalue weighted by Gasteiger charge is 2.23. The van der Waals surface area contributed by atoms with Gasteiger partial charge in [0.05, 0.1) is 11.4 Å². The molecule has 11 rings (SSSR count). The van der Waals surface area contributed by atoms with E-state index in [-0.39, 0.29) is 0 Å². The Kier molecular flexibility index (Phi) is 7.17. The number of rotatable bonds is 6. The first kappa shape index (κ1) is 31.2. The molecule has 0 N–H and O–H groups in total. The zero-order valence-electron chi connectivity index (χ0n) is 29.8. The maximum absolute atomic E-state index is 6.33. The van der Waals surface area contributed by atoms with Gasteiger partial charge >= 0.3 is 0 Å². The number of benzene rings is 9. The molecular formula is C52H33NO2. The zero-order valence-corrected chi connectivity index (χ0v) is 29.8. The van der Waals surface area contributed by atoms with Gasteiger partial charge in [0.1, 0.15) is 22.3 Å². The number of furan rings is 2. The van der Waals surface area contributed by atoms with Gasteiger partial charge in [-0.25, -0.2) is 0 Å². The van der Waals surface area contributed by atoms with Crippen LogP contribution < -0.4 is 4.90 Å². The van der Waals surface area contributed by atoms with Crippen LogP contribution in [0.3, 0.4) is 0 Å². The summed E-state index contributed by atoms with van der Waals surface area (Å²) in [4.78, 5) is 2.42. The minimum absolute atomic E-state index is 0.866. The van der Waals surface area contributed by atoms with Crippen molar-refractivity contribution in [2.45, 2.75) is 0 Å². The Hall–Kier alpha value is -7.36. The van der Waals surface area contributed by atoms with E-state index in [1.807, 2.05) is 24.3 Å². The van der Waals surface area contributed by atoms with Crippen molar-refractivity contribution in [3.8, 4) is 33.4 Å². The standard InChI is InChI=1S/C52H33NO2/c1-2-14-34(15-3-1)39-22-12-16-35-17-13-23-43(52(35)39)40-19-5-9-25-47(40)53(37-29-31-51-45(33-37)42-21-7-11-27-49(42)55-51)46-24-8-4-18-38(46)36-28-30-50-44(32-36)41-20-6-10-26-48(41)54-50/h1-33H. The molecule has 3 nitrogen and oxygen atoms in total. The van der Waals surface area contributed by atoms with E-state index in [9.17, 15) is 0 Å². The molecule has 0 fully saturated rings. The Morgan fingerprint density at radius 2 is 0.836 bits per heavy atom. The molecule has 0 aliphatic heterocycles. The Balaban J connectivity index is 1.19. The summed E-state index contributed by atoms with van der Waals surface area (Å²) in [7, 11) is 0. The summed E-state index contributed by atoms with van der Waals surface area (Å²) < 4.78 is 12.6. The van der Waals surface area contributed by atoms with Crippen LogP contribution >= 0.6 is 0 Å². The second kappa shape index (κ2) is 12.6. The minimum atomic E-state index is 0.866. The second-order valence-corrected chi connectivity index (χ2v) is 14.0. The van der Waals surface area contributed by atoms with Gasteiger partial charge in [0, 0.05) is 38.4 Å². The molecule has 258 valence electrons. The molecule has 0 saturated carbocycles. The quantitative estimate of drug-likeness (QED) is 0.173. The molecule has 0 bridgehead atoms. The fraction of sp³-hybridized carbons (Fsp3) is 0. The van der Waals surface area contributed by atoms with Crippen molar-refractivity contribution in [1.29, 1.82) is 0 Å².